The molecule has 0 saturated carbocycles. The summed E-state index contributed by atoms with van der Waals surface area (Å²) in [4.78, 5) is 13.7. The number of hydrogen-bond acceptors (Lipinski definition) is 4. The Hall–Kier alpha value is -1.46. The quantitative estimate of drug-likeness (QED) is 0.656. The predicted octanol–water partition coefficient (Wildman–Crippen LogP) is 4.36. The number of nitrogen functional groups attached to an aromatic ring is 1. The lowest BCUT2D eigenvalue weighted by atomic mass is 10.2. The van der Waals surface area contributed by atoms with Crippen molar-refractivity contribution >= 4 is 39.3 Å². The van der Waals surface area contributed by atoms with E-state index in [-0.39, 0.29) is 5.97 Å². The lowest BCUT2D eigenvalue weighted by Gasteiger charge is -2.10. The van der Waals surface area contributed by atoms with Crippen LogP contribution in [0.5, 0.6) is 0 Å². The van der Waals surface area contributed by atoms with E-state index in [4.69, 9.17) is 10.5 Å². The average Bonchev–Trinajstić information content (AvgIpc) is 2.44. The number of hydrogen-bond donors (Lipinski definition) is 1. The van der Waals surface area contributed by atoms with Crippen molar-refractivity contribution in [2.75, 3.05) is 12.3 Å². The molecule has 2 rings (SSSR count). The number of esters is 1. The van der Waals surface area contributed by atoms with Crippen molar-refractivity contribution in [3.63, 3.8) is 0 Å². The van der Waals surface area contributed by atoms with Gasteiger partial charge in [0.25, 0.3) is 0 Å². The molecule has 0 aliphatic rings. The van der Waals surface area contributed by atoms with Crippen molar-refractivity contribution in [2.24, 2.45) is 0 Å². The summed E-state index contributed by atoms with van der Waals surface area (Å²) in [6, 6.07) is 13.3. The molecule has 20 heavy (non-hydrogen) atoms. The summed E-state index contributed by atoms with van der Waals surface area (Å²) in [6.07, 6.45) is 0. The molecule has 0 aromatic heterocycles. The van der Waals surface area contributed by atoms with Crippen LogP contribution < -0.4 is 5.73 Å². The van der Waals surface area contributed by atoms with Crippen LogP contribution in [0, 0.1) is 0 Å². The van der Waals surface area contributed by atoms with E-state index in [2.05, 4.69) is 15.9 Å². The van der Waals surface area contributed by atoms with Crippen LogP contribution >= 0.6 is 27.7 Å². The summed E-state index contributed by atoms with van der Waals surface area (Å²) in [5.41, 5.74) is 6.93. The Bertz CT molecular complexity index is 614. The van der Waals surface area contributed by atoms with Gasteiger partial charge in [-0.15, -0.1) is 0 Å². The largest absolute Gasteiger partial charge is 0.462 e. The Labute approximate surface area is 130 Å². The molecule has 0 atom stereocenters. The summed E-state index contributed by atoms with van der Waals surface area (Å²) in [7, 11) is 0. The summed E-state index contributed by atoms with van der Waals surface area (Å²) >= 11 is 4.92. The molecule has 0 aliphatic heterocycles. The summed E-state index contributed by atoms with van der Waals surface area (Å²) in [5, 5.41) is 0. The van der Waals surface area contributed by atoms with E-state index in [0.717, 1.165) is 14.3 Å². The van der Waals surface area contributed by atoms with Gasteiger partial charge in [0.1, 0.15) is 0 Å². The molecular formula is C15H14BrNO2S. The number of carbonyl (C=O) groups is 1. The molecule has 0 bridgehead atoms. The molecule has 2 aromatic carbocycles. The summed E-state index contributed by atoms with van der Waals surface area (Å²) in [6.45, 7) is 2.11. The lowest BCUT2D eigenvalue weighted by molar-refractivity contribution is 0.0527. The number of para-hydroxylation sites is 1. The molecule has 3 nitrogen and oxygen atoms in total. The smallest absolute Gasteiger partial charge is 0.340 e. The van der Waals surface area contributed by atoms with E-state index >= 15 is 0 Å². The molecule has 0 heterocycles. The Kier molecular flexibility index (Phi) is 5.09. The van der Waals surface area contributed by atoms with Crippen molar-refractivity contribution < 1.29 is 9.53 Å². The number of halogens is 1. The Balaban J connectivity index is 2.26. The van der Waals surface area contributed by atoms with Crippen LogP contribution in [0.4, 0.5) is 5.69 Å². The molecule has 0 saturated heterocycles. The standard InChI is InChI=1S/C15H14BrNO2S/c1-2-19-15(18)12-4-3-5-13(14(12)17)20-11-8-6-10(16)7-9-11/h3-9H,2,17H2,1H3. The van der Waals surface area contributed by atoms with Crippen LogP contribution in [-0.2, 0) is 4.74 Å². The van der Waals surface area contributed by atoms with Crippen molar-refractivity contribution in [1.29, 1.82) is 0 Å². The van der Waals surface area contributed by atoms with Gasteiger partial charge in [-0.25, -0.2) is 4.79 Å². The van der Waals surface area contributed by atoms with Gasteiger partial charge >= 0.3 is 5.97 Å². The zero-order chi connectivity index (χ0) is 14.5. The Morgan fingerprint density at radius 2 is 1.95 bits per heavy atom. The topological polar surface area (TPSA) is 52.3 Å². The minimum Gasteiger partial charge on any atom is -0.462 e. The summed E-state index contributed by atoms with van der Waals surface area (Å²) in [5.74, 6) is -0.386. The fourth-order valence-electron chi connectivity index (χ4n) is 1.65. The number of ether oxygens (including phenoxy) is 1. The first-order valence-electron chi connectivity index (χ1n) is 6.11. The van der Waals surface area contributed by atoms with Gasteiger partial charge < -0.3 is 10.5 Å². The molecule has 2 N–H and O–H groups in total. The first-order valence-corrected chi connectivity index (χ1v) is 7.71. The second kappa shape index (κ2) is 6.81. The Morgan fingerprint density at radius 3 is 2.60 bits per heavy atom. The van der Waals surface area contributed by atoms with Crippen LogP contribution in [0.1, 0.15) is 17.3 Å². The lowest BCUT2D eigenvalue weighted by Crippen LogP contribution is -2.08. The van der Waals surface area contributed by atoms with Crippen LogP contribution in [0.25, 0.3) is 0 Å². The molecule has 5 heteroatoms. The zero-order valence-electron chi connectivity index (χ0n) is 10.9. The van der Waals surface area contributed by atoms with Crippen molar-refractivity contribution in [1.82, 2.24) is 0 Å². The Morgan fingerprint density at radius 1 is 1.25 bits per heavy atom. The number of carbonyl (C=O) groups excluding carboxylic acids is 1. The average molecular weight is 352 g/mol. The fraction of sp³-hybridized carbons (Fsp3) is 0.133. The second-order valence-electron chi connectivity index (χ2n) is 3.99. The minimum atomic E-state index is -0.386. The van der Waals surface area contributed by atoms with E-state index in [9.17, 15) is 4.79 Å². The molecule has 0 amide bonds. The number of anilines is 1. The van der Waals surface area contributed by atoms with Gasteiger partial charge in [0.15, 0.2) is 0 Å². The van der Waals surface area contributed by atoms with Gasteiger partial charge in [-0.3, -0.25) is 0 Å². The van der Waals surface area contributed by atoms with Crippen LogP contribution in [0.2, 0.25) is 0 Å². The molecule has 0 unspecified atom stereocenters. The summed E-state index contributed by atoms with van der Waals surface area (Å²) < 4.78 is 6.02. The minimum absolute atomic E-state index is 0.336. The molecule has 0 spiro atoms. The van der Waals surface area contributed by atoms with Gasteiger partial charge in [0.05, 0.1) is 17.9 Å². The monoisotopic (exact) mass is 351 g/mol. The van der Waals surface area contributed by atoms with Gasteiger partial charge in [0.2, 0.25) is 0 Å². The second-order valence-corrected chi connectivity index (χ2v) is 6.02. The number of benzene rings is 2. The molecule has 104 valence electrons. The highest BCUT2D eigenvalue weighted by Gasteiger charge is 2.14. The van der Waals surface area contributed by atoms with Gasteiger partial charge in [-0.05, 0) is 43.3 Å². The van der Waals surface area contributed by atoms with Crippen LogP contribution in [0.15, 0.2) is 56.7 Å². The van der Waals surface area contributed by atoms with Gasteiger partial charge in [0, 0.05) is 14.3 Å². The maximum absolute atomic E-state index is 11.8. The van der Waals surface area contributed by atoms with Gasteiger partial charge in [-0.1, -0.05) is 33.8 Å². The normalized spacial score (nSPS) is 10.3. The van der Waals surface area contributed by atoms with E-state index in [1.165, 1.54) is 11.8 Å². The fourth-order valence-corrected chi connectivity index (χ4v) is 2.81. The zero-order valence-corrected chi connectivity index (χ0v) is 13.3. The molecule has 2 aromatic rings. The number of nitrogens with two attached hydrogens (primary N) is 1. The predicted molar refractivity (Wildman–Crippen MR) is 85.1 cm³/mol. The highest BCUT2D eigenvalue weighted by atomic mass is 79.9. The SMILES string of the molecule is CCOC(=O)c1cccc(Sc2ccc(Br)cc2)c1N. The van der Waals surface area contributed by atoms with E-state index in [1.54, 1.807) is 13.0 Å². The maximum atomic E-state index is 11.8. The van der Waals surface area contributed by atoms with Gasteiger partial charge in [-0.2, -0.15) is 0 Å². The third-order valence-corrected chi connectivity index (χ3v) is 4.22. The molecule has 0 aliphatic carbocycles. The number of rotatable bonds is 4. The van der Waals surface area contributed by atoms with E-state index < -0.39 is 0 Å². The van der Waals surface area contributed by atoms with Crippen LogP contribution in [-0.4, -0.2) is 12.6 Å². The van der Waals surface area contributed by atoms with Crippen molar-refractivity contribution in [3.8, 4) is 0 Å². The third-order valence-electron chi connectivity index (χ3n) is 2.60. The van der Waals surface area contributed by atoms with E-state index in [0.29, 0.717) is 17.9 Å². The first-order chi connectivity index (χ1) is 9.61. The molecule has 0 fully saturated rings. The maximum Gasteiger partial charge on any atom is 0.340 e. The molecular weight excluding hydrogens is 338 g/mol. The molecule has 0 radical (unpaired) electrons. The highest BCUT2D eigenvalue weighted by Crippen LogP contribution is 2.34. The first kappa shape index (κ1) is 14.9. The van der Waals surface area contributed by atoms with E-state index in [1.807, 2.05) is 36.4 Å². The third kappa shape index (κ3) is 3.55. The van der Waals surface area contributed by atoms with Crippen molar-refractivity contribution in [2.45, 2.75) is 16.7 Å². The highest BCUT2D eigenvalue weighted by molar-refractivity contribution is 9.10. The van der Waals surface area contributed by atoms with Crippen molar-refractivity contribution in [3.05, 3.63) is 52.5 Å². The van der Waals surface area contributed by atoms with Crippen LogP contribution in [0.3, 0.4) is 0 Å².